The Balaban J connectivity index is 2.18. The van der Waals surface area contributed by atoms with Crippen LogP contribution in [-0.4, -0.2) is 34.6 Å². The van der Waals surface area contributed by atoms with Crippen LogP contribution in [0, 0.1) is 5.92 Å². The van der Waals surface area contributed by atoms with Crippen molar-refractivity contribution in [1.82, 2.24) is 10.2 Å². The monoisotopic (exact) mass is 288 g/mol. The van der Waals surface area contributed by atoms with E-state index in [0.717, 1.165) is 4.90 Å². The van der Waals surface area contributed by atoms with Crippen LogP contribution in [0.15, 0.2) is 30.3 Å². The summed E-state index contributed by atoms with van der Waals surface area (Å²) in [5.41, 5.74) is 0.436. The number of Topliss-reactive ketones (excluding diaryl/α,β-unsaturated/α-hetero) is 1. The van der Waals surface area contributed by atoms with Gasteiger partial charge in [-0.25, -0.2) is 4.79 Å². The number of carbonyl (C=O) groups excluding carboxylic acids is 4. The van der Waals surface area contributed by atoms with Gasteiger partial charge in [0.05, 0.1) is 0 Å². The number of nitrogens with zero attached hydrogens (tertiary/aromatic N) is 1. The second kappa shape index (κ2) is 5.87. The Kier molecular flexibility index (Phi) is 4.16. The van der Waals surface area contributed by atoms with Crippen LogP contribution in [-0.2, 0) is 9.59 Å². The largest absolute Gasteiger partial charge is 0.331 e. The lowest BCUT2D eigenvalue weighted by Crippen LogP contribution is -2.60. The lowest BCUT2D eigenvalue weighted by atomic mass is 9.94. The Morgan fingerprint density at radius 3 is 2.38 bits per heavy atom. The predicted octanol–water partition coefficient (Wildman–Crippen LogP) is 1.36. The number of imide groups is 2. The van der Waals surface area contributed by atoms with Gasteiger partial charge in [0.1, 0.15) is 5.92 Å². The molecule has 1 aliphatic rings. The van der Waals surface area contributed by atoms with Gasteiger partial charge in [0, 0.05) is 18.0 Å². The molecule has 0 bridgehead atoms. The van der Waals surface area contributed by atoms with Crippen molar-refractivity contribution in [3.63, 3.8) is 0 Å². The fourth-order valence-electron chi connectivity index (χ4n) is 2.23. The van der Waals surface area contributed by atoms with Crippen molar-refractivity contribution < 1.29 is 19.2 Å². The van der Waals surface area contributed by atoms with E-state index in [1.54, 1.807) is 44.2 Å². The third-order valence-corrected chi connectivity index (χ3v) is 3.30. The molecule has 1 N–H and O–H groups in total. The average Bonchev–Trinajstić information content (AvgIpc) is 2.43. The van der Waals surface area contributed by atoms with Crippen molar-refractivity contribution in [2.75, 3.05) is 0 Å². The van der Waals surface area contributed by atoms with Gasteiger partial charge >= 0.3 is 6.03 Å². The Morgan fingerprint density at radius 1 is 1.19 bits per heavy atom. The van der Waals surface area contributed by atoms with E-state index in [-0.39, 0.29) is 18.2 Å². The summed E-state index contributed by atoms with van der Waals surface area (Å²) in [6, 6.07) is 7.33. The zero-order chi connectivity index (χ0) is 15.6. The molecule has 1 saturated heterocycles. The third-order valence-electron chi connectivity index (χ3n) is 3.30. The summed E-state index contributed by atoms with van der Waals surface area (Å²) in [5, 5.41) is 2.12. The zero-order valence-electron chi connectivity index (χ0n) is 11.8. The fourth-order valence-corrected chi connectivity index (χ4v) is 2.23. The first-order valence-electron chi connectivity index (χ1n) is 6.68. The first kappa shape index (κ1) is 14.9. The maximum absolute atomic E-state index is 12.2. The molecule has 0 radical (unpaired) electrons. The first-order chi connectivity index (χ1) is 9.91. The molecule has 0 aromatic heterocycles. The second-order valence-electron chi connectivity index (χ2n) is 5.14. The van der Waals surface area contributed by atoms with Crippen LogP contribution in [0.4, 0.5) is 4.79 Å². The minimum Gasteiger partial charge on any atom is -0.294 e. The summed E-state index contributed by atoms with van der Waals surface area (Å²) in [6.45, 7) is 3.34. The highest BCUT2D eigenvalue weighted by atomic mass is 16.2. The maximum Gasteiger partial charge on any atom is 0.331 e. The summed E-state index contributed by atoms with van der Waals surface area (Å²) in [7, 11) is 0. The number of nitrogens with one attached hydrogen (secondary N) is 1. The predicted molar refractivity (Wildman–Crippen MR) is 74.4 cm³/mol. The molecule has 1 aromatic carbocycles. The van der Waals surface area contributed by atoms with Crippen molar-refractivity contribution in [2.24, 2.45) is 5.92 Å². The highest BCUT2D eigenvalue weighted by molar-refractivity contribution is 6.18. The van der Waals surface area contributed by atoms with Gasteiger partial charge in [0.15, 0.2) is 5.78 Å². The van der Waals surface area contributed by atoms with Crippen molar-refractivity contribution in [1.29, 1.82) is 0 Å². The van der Waals surface area contributed by atoms with Crippen molar-refractivity contribution in [2.45, 2.75) is 26.3 Å². The molecule has 1 fully saturated rings. The van der Waals surface area contributed by atoms with Gasteiger partial charge in [0.2, 0.25) is 11.8 Å². The highest BCUT2D eigenvalue weighted by Gasteiger charge is 2.42. The topological polar surface area (TPSA) is 83.6 Å². The third kappa shape index (κ3) is 2.99. The van der Waals surface area contributed by atoms with Gasteiger partial charge in [0.25, 0.3) is 0 Å². The van der Waals surface area contributed by atoms with E-state index in [4.69, 9.17) is 0 Å². The Hall–Kier alpha value is -2.50. The number of hydrogen-bond donors (Lipinski definition) is 1. The Bertz CT molecular complexity index is 595. The average molecular weight is 288 g/mol. The van der Waals surface area contributed by atoms with E-state index in [2.05, 4.69) is 5.32 Å². The van der Waals surface area contributed by atoms with Crippen LogP contribution in [0.3, 0.4) is 0 Å². The van der Waals surface area contributed by atoms with Crippen LogP contribution in [0.1, 0.15) is 30.6 Å². The van der Waals surface area contributed by atoms with Gasteiger partial charge in [-0.2, -0.15) is 0 Å². The van der Waals surface area contributed by atoms with Crippen molar-refractivity contribution in [3.05, 3.63) is 35.9 Å². The van der Waals surface area contributed by atoms with Crippen molar-refractivity contribution in [3.8, 4) is 0 Å². The number of rotatable bonds is 4. The molecule has 1 aromatic rings. The highest BCUT2D eigenvalue weighted by Crippen LogP contribution is 2.19. The molecule has 1 unspecified atom stereocenters. The van der Waals surface area contributed by atoms with Crippen LogP contribution >= 0.6 is 0 Å². The van der Waals surface area contributed by atoms with E-state index in [9.17, 15) is 19.2 Å². The fraction of sp³-hybridized carbons (Fsp3) is 0.333. The number of benzene rings is 1. The van der Waals surface area contributed by atoms with Crippen LogP contribution in [0.25, 0.3) is 0 Å². The van der Waals surface area contributed by atoms with E-state index in [1.165, 1.54) is 0 Å². The second-order valence-corrected chi connectivity index (χ2v) is 5.14. The normalized spacial score (nSPS) is 18.9. The molecule has 0 saturated carbocycles. The molecule has 1 heterocycles. The Labute approximate surface area is 122 Å². The molecule has 4 amide bonds. The standard InChI is InChI=1S/C15H16N2O4/c1-9(2)17-14(20)11(13(19)16-15(17)21)8-12(18)10-6-4-3-5-7-10/h3-7,9,11H,8H2,1-2H3,(H,16,19,21). The van der Waals surface area contributed by atoms with Gasteiger partial charge in [-0.3, -0.25) is 24.6 Å². The minimum absolute atomic E-state index is 0.245. The summed E-state index contributed by atoms with van der Waals surface area (Å²) >= 11 is 0. The first-order valence-corrected chi connectivity index (χ1v) is 6.68. The molecule has 6 heteroatoms. The number of hydrogen-bond acceptors (Lipinski definition) is 4. The van der Waals surface area contributed by atoms with Crippen LogP contribution in [0.5, 0.6) is 0 Å². The maximum atomic E-state index is 12.2. The van der Waals surface area contributed by atoms with Crippen LogP contribution in [0.2, 0.25) is 0 Å². The molecule has 21 heavy (non-hydrogen) atoms. The van der Waals surface area contributed by atoms with E-state index >= 15 is 0 Å². The molecule has 0 spiro atoms. The van der Waals surface area contributed by atoms with Gasteiger partial charge in [-0.15, -0.1) is 0 Å². The lowest BCUT2D eigenvalue weighted by molar-refractivity contribution is -0.143. The molecule has 1 aliphatic heterocycles. The molecule has 2 rings (SSSR count). The molecule has 110 valence electrons. The molecule has 0 aliphatic carbocycles. The van der Waals surface area contributed by atoms with Crippen LogP contribution < -0.4 is 5.32 Å². The van der Waals surface area contributed by atoms with E-state index in [1.807, 2.05) is 0 Å². The SMILES string of the molecule is CC(C)N1C(=O)NC(=O)C(CC(=O)c2ccccc2)C1=O. The lowest BCUT2D eigenvalue weighted by Gasteiger charge is -2.32. The zero-order valence-corrected chi connectivity index (χ0v) is 11.8. The Morgan fingerprint density at radius 2 is 1.81 bits per heavy atom. The summed E-state index contributed by atoms with van der Waals surface area (Å²) < 4.78 is 0. The smallest absolute Gasteiger partial charge is 0.294 e. The number of carbonyl (C=O) groups is 4. The van der Waals surface area contributed by atoms with Crippen molar-refractivity contribution >= 4 is 23.6 Å². The summed E-state index contributed by atoms with van der Waals surface area (Å²) in [5.74, 6) is -2.80. The van der Waals surface area contributed by atoms with E-state index < -0.39 is 23.8 Å². The molecule has 1 atom stereocenters. The van der Waals surface area contributed by atoms with E-state index in [0.29, 0.717) is 5.56 Å². The van der Waals surface area contributed by atoms with Gasteiger partial charge in [-0.1, -0.05) is 30.3 Å². The number of barbiturate groups is 1. The summed E-state index contributed by atoms with van der Waals surface area (Å²) in [4.78, 5) is 48.8. The quantitative estimate of drug-likeness (QED) is 0.670. The number of urea groups is 1. The molecular weight excluding hydrogens is 272 g/mol. The molecular formula is C15H16N2O4. The molecule has 6 nitrogen and oxygen atoms in total. The number of ketones is 1. The number of amides is 4. The van der Waals surface area contributed by atoms with Gasteiger partial charge < -0.3 is 0 Å². The minimum atomic E-state index is -1.15. The summed E-state index contributed by atoms with van der Waals surface area (Å²) in [6.07, 6.45) is -0.245. The van der Waals surface area contributed by atoms with Gasteiger partial charge in [-0.05, 0) is 13.8 Å².